The highest BCUT2D eigenvalue weighted by atomic mass is 16.5. The minimum absolute atomic E-state index is 0.0327. The van der Waals surface area contributed by atoms with Crippen LogP contribution in [0.15, 0.2) is 24.3 Å². The van der Waals surface area contributed by atoms with Crippen molar-refractivity contribution in [1.82, 2.24) is 10.2 Å². The largest absolute Gasteiger partial charge is 0.385 e. The summed E-state index contributed by atoms with van der Waals surface area (Å²) in [5.74, 6) is -0.0363. The number of nitrogens with zero attached hydrogens (tertiary/aromatic N) is 1. The molecular formula is C19H28N2O3. The zero-order chi connectivity index (χ0) is 17.5. The minimum Gasteiger partial charge on any atom is -0.385 e. The summed E-state index contributed by atoms with van der Waals surface area (Å²) in [6.45, 7) is 5.86. The summed E-state index contributed by atoms with van der Waals surface area (Å²) in [6.07, 6.45) is 1.83. The van der Waals surface area contributed by atoms with Gasteiger partial charge in [0.25, 0.3) is 0 Å². The van der Waals surface area contributed by atoms with E-state index in [1.54, 1.807) is 7.11 Å². The van der Waals surface area contributed by atoms with Gasteiger partial charge in [-0.3, -0.25) is 9.59 Å². The highest BCUT2D eigenvalue weighted by Crippen LogP contribution is 2.38. The van der Waals surface area contributed by atoms with Gasteiger partial charge in [-0.15, -0.1) is 0 Å². The highest BCUT2D eigenvalue weighted by molar-refractivity contribution is 5.85. The molecule has 1 N–H and O–H groups in total. The van der Waals surface area contributed by atoms with E-state index in [9.17, 15) is 9.59 Å². The Bertz CT molecular complexity index is 573. The van der Waals surface area contributed by atoms with Crippen molar-refractivity contribution >= 4 is 11.8 Å². The normalized spacial score (nSPS) is 21.0. The number of piperidine rings is 1. The third kappa shape index (κ3) is 4.15. The van der Waals surface area contributed by atoms with E-state index >= 15 is 0 Å². The summed E-state index contributed by atoms with van der Waals surface area (Å²) in [5.41, 5.74) is 2.19. The zero-order valence-corrected chi connectivity index (χ0v) is 14.9. The molecule has 24 heavy (non-hydrogen) atoms. The molecule has 2 atom stereocenters. The van der Waals surface area contributed by atoms with Crippen LogP contribution in [0.5, 0.6) is 0 Å². The van der Waals surface area contributed by atoms with Gasteiger partial charge in [0.2, 0.25) is 11.8 Å². The number of ether oxygens (including phenoxy) is 1. The quantitative estimate of drug-likeness (QED) is 0.780. The molecule has 132 valence electrons. The van der Waals surface area contributed by atoms with Crippen molar-refractivity contribution < 1.29 is 14.3 Å². The van der Waals surface area contributed by atoms with Crippen LogP contribution in [0, 0.1) is 12.8 Å². The van der Waals surface area contributed by atoms with Gasteiger partial charge in [-0.2, -0.15) is 0 Å². The minimum atomic E-state index is -0.203. The topological polar surface area (TPSA) is 58.6 Å². The lowest BCUT2D eigenvalue weighted by Gasteiger charge is -2.41. The second-order valence-corrected chi connectivity index (χ2v) is 6.26. The van der Waals surface area contributed by atoms with E-state index in [0.29, 0.717) is 32.5 Å². The molecule has 0 unspecified atom stereocenters. The van der Waals surface area contributed by atoms with Gasteiger partial charge >= 0.3 is 0 Å². The number of hydrogen-bond acceptors (Lipinski definition) is 3. The van der Waals surface area contributed by atoms with Gasteiger partial charge < -0.3 is 15.0 Å². The lowest BCUT2D eigenvalue weighted by molar-refractivity contribution is -0.143. The molecule has 0 bridgehead atoms. The summed E-state index contributed by atoms with van der Waals surface area (Å²) in [4.78, 5) is 27.0. The van der Waals surface area contributed by atoms with Crippen molar-refractivity contribution in [3.8, 4) is 0 Å². The van der Waals surface area contributed by atoms with Crippen molar-refractivity contribution in [2.45, 2.75) is 39.2 Å². The van der Waals surface area contributed by atoms with Crippen molar-refractivity contribution in [2.24, 2.45) is 5.92 Å². The number of carbonyl (C=O) groups is 2. The van der Waals surface area contributed by atoms with E-state index in [1.165, 1.54) is 0 Å². The van der Waals surface area contributed by atoms with Gasteiger partial charge in [0.05, 0.1) is 12.0 Å². The number of hydrogen-bond donors (Lipinski definition) is 1. The molecule has 0 saturated carbocycles. The van der Waals surface area contributed by atoms with Crippen LogP contribution in [-0.2, 0) is 14.3 Å². The van der Waals surface area contributed by atoms with Crippen LogP contribution in [0.3, 0.4) is 0 Å². The van der Waals surface area contributed by atoms with Crippen LogP contribution in [0.4, 0.5) is 0 Å². The molecule has 1 saturated heterocycles. The maximum Gasteiger partial charge on any atom is 0.225 e. The number of benzene rings is 1. The number of methoxy groups -OCH3 is 1. The third-order valence-corrected chi connectivity index (χ3v) is 4.72. The Kier molecular flexibility index (Phi) is 6.79. The van der Waals surface area contributed by atoms with E-state index in [1.807, 2.05) is 43.0 Å². The first-order valence-corrected chi connectivity index (χ1v) is 8.71. The Morgan fingerprint density at radius 1 is 1.38 bits per heavy atom. The van der Waals surface area contributed by atoms with Crippen LogP contribution in [0.1, 0.15) is 43.4 Å². The van der Waals surface area contributed by atoms with E-state index in [0.717, 1.165) is 17.5 Å². The molecule has 5 nitrogen and oxygen atoms in total. The van der Waals surface area contributed by atoms with Crippen LogP contribution in [0.25, 0.3) is 0 Å². The molecule has 5 heteroatoms. The molecule has 1 aromatic rings. The molecule has 2 rings (SSSR count). The molecule has 1 aliphatic rings. The van der Waals surface area contributed by atoms with Crippen LogP contribution >= 0.6 is 0 Å². The van der Waals surface area contributed by atoms with Gasteiger partial charge in [0, 0.05) is 33.2 Å². The Morgan fingerprint density at radius 2 is 2.12 bits per heavy atom. The number of carbonyl (C=O) groups excluding carboxylic acids is 2. The molecular weight excluding hydrogens is 304 g/mol. The van der Waals surface area contributed by atoms with Gasteiger partial charge in [-0.25, -0.2) is 0 Å². The molecule has 1 fully saturated rings. The van der Waals surface area contributed by atoms with E-state index < -0.39 is 0 Å². The number of amides is 2. The lowest BCUT2D eigenvalue weighted by atomic mass is 9.82. The van der Waals surface area contributed by atoms with Gasteiger partial charge in [-0.05, 0) is 37.8 Å². The van der Waals surface area contributed by atoms with Crippen LogP contribution in [0.2, 0.25) is 0 Å². The van der Waals surface area contributed by atoms with Gasteiger partial charge in [0.1, 0.15) is 0 Å². The average molecular weight is 332 g/mol. The second-order valence-electron chi connectivity index (χ2n) is 6.26. The molecule has 1 aromatic carbocycles. The van der Waals surface area contributed by atoms with E-state index in [4.69, 9.17) is 4.74 Å². The molecule has 1 heterocycles. The summed E-state index contributed by atoms with van der Waals surface area (Å²) in [7, 11) is 1.65. The monoisotopic (exact) mass is 332 g/mol. The maximum atomic E-state index is 12.7. The molecule has 2 amide bonds. The fraction of sp³-hybridized carbons (Fsp3) is 0.579. The van der Waals surface area contributed by atoms with Crippen molar-refractivity contribution in [1.29, 1.82) is 0 Å². The predicted molar refractivity (Wildman–Crippen MR) is 93.5 cm³/mol. The Labute approximate surface area is 144 Å². The number of likely N-dealkylation sites (tertiary alicyclic amines) is 1. The number of nitrogens with one attached hydrogen (secondary N) is 1. The SMILES string of the molecule is CCN1C(=O)CC[C@@H](C(=O)NCCCOC)[C@@H]1c1ccccc1C. The average Bonchev–Trinajstić information content (AvgIpc) is 2.58. The Balaban J connectivity index is 2.22. The van der Waals surface area contributed by atoms with Gasteiger partial charge in [0.15, 0.2) is 0 Å². The predicted octanol–water partition coefficient (Wildman–Crippen LogP) is 2.45. The van der Waals surface area contributed by atoms with Crippen molar-refractivity contribution in [2.75, 3.05) is 26.8 Å². The van der Waals surface area contributed by atoms with Crippen molar-refractivity contribution in [3.63, 3.8) is 0 Å². The third-order valence-electron chi connectivity index (χ3n) is 4.72. The molecule has 1 aliphatic heterocycles. The Morgan fingerprint density at radius 3 is 2.79 bits per heavy atom. The first kappa shape index (κ1) is 18.5. The molecule has 0 aliphatic carbocycles. The lowest BCUT2D eigenvalue weighted by Crippen LogP contribution is -2.48. The summed E-state index contributed by atoms with van der Waals surface area (Å²) in [5, 5.41) is 3.01. The smallest absolute Gasteiger partial charge is 0.225 e. The standard InChI is InChI=1S/C19H28N2O3/c1-4-21-17(22)11-10-16(19(23)20-12-7-13-24-3)18(21)15-9-6-5-8-14(15)2/h5-6,8-9,16,18H,4,7,10-13H2,1-3H3,(H,20,23)/t16-,18+/m1/s1. The zero-order valence-electron chi connectivity index (χ0n) is 14.9. The first-order chi connectivity index (χ1) is 11.6. The molecule has 0 radical (unpaired) electrons. The summed E-state index contributed by atoms with van der Waals surface area (Å²) >= 11 is 0. The summed E-state index contributed by atoms with van der Waals surface area (Å²) in [6, 6.07) is 7.85. The van der Waals surface area contributed by atoms with E-state index in [2.05, 4.69) is 5.32 Å². The first-order valence-electron chi connectivity index (χ1n) is 8.71. The van der Waals surface area contributed by atoms with E-state index in [-0.39, 0.29) is 23.8 Å². The fourth-order valence-corrected chi connectivity index (χ4v) is 3.46. The molecule has 0 aromatic heterocycles. The van der Waals surface area contributed by atoms with Crippen LogP contribution in [-0.4, -0.2) is 43.5 Å². The highest BCUT2D eigenvalue weighted by Gasteiger charge is 2.40. The Hall–Kier alpha value is -1.88. The second kappa shape index (κ2) is 8.83. The maximum absolute atomic E-state index is 12.7. The number of aryl methyl sites for hydroxylation is 1. The van der Waals surface area contributed by atoms with Gasteiger partial charge in [-0.1, -0.05) is 24.3 Å². The van der Waals surface area contributed by atoms with Crippen LogP contribution < -0.4 is 5.32 Å². The number of rotatable bonds is 7. The van der Waals surface area contributed by atoms with Crippen molar-refractivity contribution in [3.05, 3.63) is 35.4 Å². The fourth-order valence-electron chi connectivity index (χ4n) is 3.46. The summed E-state index contributed by atoms with van der Waals surface area (Å²) < 4.78 is 5.02. The molecule has 0 spiro atoms.